The predicted molar refractivity (Wildman–Crippen MR) is 82.9 cm³/mol. The molecule has 2 aliphatic rings. The van der Waals surface area contributed by atoms with Gasteiger partial charge < -0.3 is 15.1 Å². The minimum absolute atomic E-state index is 0.0485. The third kappa shape index (κ3) is 4.22. The lowest BCUT2D eigenvalue weighted by atomic mass is 9.93. The van der Waals surface area contributed by atoms with E-state index < -0.39 is 0 Å². The fourth-order valence-corrected chi connectivity index (χ4v) is 3.09. The van der Waals surface area contributed by atoms with E-state index in [2.05, 4.69) is 18.8 Å². The van der Waals surface area contributed by atoms with Crippen molar-refractivity contribution in [1.29, 1.82) is 0 Å². The lowest BCUT2D eigenvalue weighted by molar-refractivity contribution is -0.138. The second-order valence-corrected chi connectivity index (χ2v) is 6.24. The van der Waals surface area contributed by atoms with Crippen LogP contribution in [0.2, 0.25) is 0 Å². The molecule has 0 bridgehead atoms. The first-order valence-corrected chi connectivity index (χ1v) is 8.04. The Balaban J connectivity index is 1.76. The number of likely N-dealkylation sites (tertiary alicyclic amines) is 2. The van der Waals surface area contributed by atoms with Crippen LogP contribution in [0.4, 0.5) is 4.79 Å². The molecule has 2 aliphatic heterocycles. The summed E-state index contributed by atoms with van der Waals surface area (Å²) in [4.78, 5) is 28.2. The molecule has 0 aromatic heterocycles. The lowest BCUT2D eigenvalue weighted by Gasteiger charge is -2.36. The zero-order valence-corrected chi connectivity index (χ0v) is 13.0. The van der Waals surface area contributed by atoms with Crippen LogP contribution in [-0.2, 0) is 4.79 Å². The van der Waals surface area contributed by atoms with E-state index in [0.29, 0.717) is 25.5 Å². The number of nitrogens with zero attached hydrogens (tertiary/aromatic N) is 2. The zero-order valence-electron chi connectivity index (χ0n) is 13.0. The van der Waals surface area contributed by atoms with Gasteiger partial charge in [-0.3, -0.25) is 4.79 Å². The fraction of sp³-hybridized carbons (Fsp3) is 0.750. The Kier molecular flexibility index (Phi) is 5.65. The van der Waals surface area contributed by atoms with Crippen molar-refractivity contribution in [2.24, 2.45) is 11.8 Å². The van der Waals surface area contributed by atoms with Crippen molar-refractivity contribution in [2.75, 3.05) is 32.7 Å². The van der Waals surface area contributed by atoms with Gasteiger partial charge >= 0.3 is 6.03 Å². The van der Waals surface area contributed by atoms with E-state index in [0.717, 1.165) is 44.7 Å². The van der Waals surface area contributed by atoms with Crippen LogP contribution in [0.15, 0.2) is 12.7 Å². The molecule has 118 valence electrons. The highest BCUT2D eigenvalue weighted by molar-refractivity contribution is 5.80. The zero-order chi connectivity index (χ0) is 15.2. The summed E-state index contributed by atoms with van der Waals surface area (Å²) >= 11 is 0. The fourth-order valence-electron chi connectivity index (χ4n) is 3.09. The summed E-state index contributed by atoms with van der Waals surface area (Å²) in [7, 11) is 0. The van der Waals surface area contributed by atoms with Crippen molar-refractivity contribution in [3.8, 4) is 0 Å². The molecule has 2 saturated heterocycles. The topological polar surface area (TPSA) is 52.7 Å². The Morgan fingerprint density at radius 1 is 1.10 bits per heavy atom. The first kappa shape index (κ1) is 15.9. The first-order chi connectivity index (χ1) is 10.1. The van der Waals surface area contributed by atoms with Gasteiger partial charge in [0.15, 0.2) is 0 Å². The summed E-state index contributed by atoms with van der Waals surface area (Å²) in [6.45, 7) is 9.47. The van der Waals surface area contributed by atoms with E-state index in [1.807, 2.05) is 4.90 Å². The monoisotopic (exact) mass is 293 g/mol. The van der Waals surface area contributed by atoms with Gasteiger partial charge in [0, 0.05) is 38.6 Å². The number of hydrogen-bond donors (Lipinski definition) is 1. The van der Waals surface area contributed by atoms with Crippen LogP contribution >= 0.6 is 0 Å². The largest absolute Gasteiger partial charge is 0.342 e. The van der Waals surface area contributed by atoms with Gasteiger partial charge in [0.2, 0.25) is 5.91 Å². The van der Waals surface area contributed by atoms with E-state index in [4.69, 9.17) is 0 Å². The molecule has 21 heavy (non-hydrogen) atoms. The van der Waals surface area contributed by atoms with Crippen molar-refractivity contribution in [2.45, 2.75) is 32.6 Å². The molecule has 1 N–H and O–H groups in total. The third-order valence-corrected chi connectivity index (χ3v) is 4.62. The van der Waals surface area contributed by atoms with Crippen LogP contribution in [0.1, 0.15) is 32.6 Å². The Morgan fingerprint density at radius 2 is 1.67 bits per heavy atom. The van der Waals surface area contributed by atoms with E-state index in [1.165, 1.54) is 0 Å². The van der Waals surface area contributed by atoms with Crippen molar-refractivity contribution in [1.82, 2.24) is 15.1 Å². The second kappa shape index (κ2) is 7.48. The van der Waals surface area contributed by atoms with Gasteiger partial charge in [-0.1, -0.05) is 13.0 Å². The SMILES string of the molecule is C=CCNC(=O)N1CCC(C(=O)N2CCC(C)CC2)CC1. The summed E-state index contributed by atoms with van der Waals surface area (Å²) in [5, 5.41) is 2.79. The summed E-state index contributed by atoms with van der Waals surface area (Å²) in [5.74, 6) is 1.14. The highest BCUT2D eigenvalue weighted by Crippen LogP contribution is 2.23. The lowest BCUT2D eigenvalue weighted by Crippen LogP contribution is -2.48. The molecule has 0 aromatic carbocycles. The van der Waals surface area contributed by atoms with Crippen molar-refractivity contribution >= 4 is 11.9 Å². The molecule has 2 fully saturated rings. The van der Waals surface area contributed by atoms with Gasteiger partial charge in [0.25, 0.3) is 0 Å². The number of rotatable bonds is 3. The Hall–Kier alpha value is -1.52. The van der Waals surface area contributed by atoms with E-state index >= 15 is 0 Å². The molecule has 5 heteroatoms. The van der Waals surface area contributed by atoms with Crippen molar-refractivity contribution < 1.29 is 9.59 Å². The van der Waals surface area contributed by atoms with E-state index in [-0.39, 0.29) is 11.9 Å². The molecule has 5 nitrogen and oxygen atoms in total. The molecule has 0 unspecified atom stereocenters. The maximum absolute atomic E-state index is 12.5. The van der Waals surface area contributed by atoms with Crippen molar-refractivity contribution in [3.05, 3.63) is 12.7 Å². The first-order valence-electron chi connectivity index (χ1n) is 8.04. The quantitative estimate of drug-likeness (QED) is 0.807. The Morgan fingerprint density at radius 3 is 2.24 bits per heavy atom. The van der Waals surface area contributed by atoms with Gasteiger partial charge in [-0.2, -0.15) is 0 Å². The molecule has 0 radical (unpaired) electrons. The highest BCUT2D eigenvalue weighted by Gasteiger charge is 2.31. The number of hydrogen-bond acceptors (Lipinski definition) is 2. The molecule has 0 atom stereocenters. The number of carbonyl (C=O) groups excluding carboxylic acids is 2. The van der Waals surface area contributed by atoms with Gasteiger partial charge in [0.1, 0.15) is 0 Å². The molecule has 0 aliphatic carbocycles. The second-order valence-electron chi connectivity index (χ2n) is 6.24. The van der Waals surface area contributed by atoms with Gasteiger partial charge in [-0.15, -0.1) is 6.58 Å². The summed E-state index contributed by atoms with van der Waals surface area (Å²) in [6.07, 6.45) is 5.48. The van der Waals surface area contributed by atoms with Crippen LogP contribution in [0.3, 0.4) is 0 Å². The number of nitrogens with one attached hydrogen (secondary N) is 1. The van der Waals surface area contributed by atoms with Gasteiger partial charge in [0.05, 0.1) is 0 Å². The summed E-state index contributed by atoms with van der Waals surface area (Å²) in [6, 6.07) is -0.0485. The maximum atomic E-state index is 12.5. The van der Waals surface area contributed by atoms with Crippen LogP contribution in [0, 0.1) is 11.8 Å². The number of amides is 3. The Labute approximate surface area is 127 Å². The third-order valence-electron chi connectivity index (χ3n) is 4.62. The van der Waals surface area contributed by atoms with Gasteiger partial charge in [-0.25, -0.2) is 4.79 Å². The van der Waals surface area contributed by atoms with Crippen LogP contribution < -0.4 is 5.32 Å². The summed E-state index contributed by atoms with van der Waals surface area (Å²) < 4.78 is 0. The molecule has 0 spiro atoms. The van der Waals surface area contributed by atoms with Crippen LogP contribution in [0.25, 0.3) is 0 Å². The molecular formula is C16H27N3O2. The van der Waals surface area contributed by atoms with E-state index in [9.17, 15) is 9.59 Å². The summed E-state index contributed by atoms with van der Waals surface area (Å²) in [5.41, 5.74) is 0. The number of carbonyl (C=O) groups is 2. The minimum atomic E-state index is -0.0485. The smallest absolute Gasteiger partial charge is 0.317 e. The van der Waals surface area contributed by atoms with Gasteiger partial charge in [-0.05, 0) is 31.6 Å². The van der Waals surface area contributed by atoms with Crippen LogP contribution in [0.5, 0.6) is 0 Å². The highest BCUT2D eigenvalue weighted by atomic mass is 16.2. The minimum Gasteiger partial charge on any atom is -0.342 e. The van der Waals surface area contributed by atoms with Crippen molar-refractivity contribution in [3.63, 3.8) is 0 Å². The molecule has 2 heterocycles. The van der Waals surface area contributed by atoms with E-state index in [1.54, 1.807) is 11.0 Å². The standard InChI is InChI=1S/C16H27N3O2/c1-3-8-17-16(21)19-11-6-14(7-12-19)15(20)18-9-4-13(2)5-10-18/h3,13-14H,1,4-12H2,2H3,(H,17,21). The normalized spacial score (nSPS) is 21.2. The maximum Gasteiger partial charge on any atom is 0.317 e. The Bertz CT molecular complexity index is 381. The van der Waals surface area contributed by atoms with Crippen LogP contribution in [-0.4, -0.2) is 54.5 Å². The molecule has 2 rings (SSSR count). The number of piperidine rings is 2. The average Bonchev–Trinajstić information content (AvgIpc) is 2.53. The molecule has 0 saturated carbocycles. The molecular weight excluding hydrogens is 266 g/mol. The predicted octanol–water partition coefficient (Wildman–Crippen LogP) is 1.85. The molecule has 0 aromatic rings. The molecule has 3 amide bonds. The average molecular weight is 293 g/mol. The number of urea groups is 1.